The van der Waals surface area contributed by atoms with Gasteiger partial charge in [-0.15, -0.1) is 0 Å². The fraction of sp³-hybridized carbons (Fsp3) is 0.190. The average molecular weight is 440 g/mol. The highest BCUT2D eigenvalue weighted by Gasteiger charge is 2.23. The second-order valence-corrected chi connectivity index (χ2v) is 7.04. The van der Waals surface area contributed by atoms with E-state index in [1.807, 2.05) is 0 Å². The number of rotatable bonds is 7. The molecule has 9 nitrogen and oxygen atoms in total. The fourth-order valence-electron chi connectivity index (χ4n) is 3.06. The fourth-order valence-corrected chi connectivity index (χ4v) is 3.06. The van der Waals surface area contributed by atoms with Crippen LogP contribution in [0.15, 0.2) is 53.4 Å². The highest BCUT2D eigenvalue weighted by Crippen LogP contribution is 2.27. The van der Waals surface area contributed by atoms with Crippen LogP contribution in [-0.4, -0.2) is 49.1 Å². The maximum atomic E-state index is 14.3. The summed E-state index contributed by atoms with van der Waals surface area (Å²) in [4.78, 5) is 20.7. The van der Waals surface area contributed by atoms with Crippen LogP contribution in [0.1, 0.15) is 12.5 Å². The van der Waals surface area contributed by atoms with Gasteiger partial charge in [-0.1, -0.05) is 23.4 Å². The molecule has 0 bridgehead atoms. The summed E-state index contributed by atoms with van der Waals surface area (Å²) in [6.07, 6.45) is 2.35. The standard InChI is InChI=1S/C21H18F2N6O3/c1-12(21(30)31)28(2)20-15(23)10-24-19(25-20)17-9-18(16-7-8-32-27-16)29(26-17)11-13-5-3-4-6-14(13)22/h3-10,12H,11H2,1-2H3,(H,30,31)/t12-/m0/s1. The van der Waals surface area contributed by atoms with Crippen LogP contribution in [0.2, 0.25) is 0 Å². The van der Waals surface area contributed by atoms with Crippen molar-refractivity contribution in [1.29, 1.82) is 0 Å². The summed E-state index contributed by atoms with van der Waals surface area (Å²) in [5.74, 6) is -2.40. The molecule has 11 heteroatoms. The smallest absolute Gasteiger partial charge is 0.326 e. The maximum Gasteiger partial charge on any atom is 0.326 e. The van der Waals surface area contributed by atoms with Gasteiger partial charge in [0.25, 0.3) is 0 Å². The second-order valence-electron chi connectivity index (χ2n) is 7.04. The highest BCUT2D eigenvalue weighted by molar-refractivity contribution is 5.77. The monoisotopic (exact) mass is 440 g/mol. The number of anilines is 1. The Bertz CT molecular complexity index is 1260. The zero-order valence-corrected chi connectivity index (χ0v) is 17.1. The zero-order chi connectivity index (χ0) is 22.8. The minimum Gasteiger partial charge on any atom is -0.480 e. The molecular formula is C21H18F2N6O3. The number of carboxylic acid groups (broad SMARTS) is 1. The van der Waals surface area contributed by atoms with Crippen molar-refractivity contribution in [2.24, 2.45) is 0 Å². The summed E-state index contributed by atoms with van der Waals surface area (Å²) < 4.78 is 35.0. The van der Waals surface area contributed by atoms with E-state index in [-0.39, 0.29) is 29.7 Å². The molecule has 164 valence electrons. The summed E-state index contributed by atoms with van der Waals surface area (Å²) in [5, 5.41) is 17.6. The summed E-state index contributed by atoms with van der Waals surface area (Å²) in [6, 6.07) is 8.52. The maximum absolute atomic E-state index is 14.3. The van der Waals surface area contributed by atoms with E-state index in [1.165, 1.54) is 35.9 Å². The van der Waals surface area contributed by atoms with Crippen LogP contribution < -0.4 is 4.90 Å². The van der Waals surface area contributed by atoms with Crippen molar-refractivity contribution in [2.45, 2.75) is 19.5 Å². The highest BCUT2D eigenvalue weighted by atomic mass is 19.1. The Hall–Kier alpha value is -4.15. The molecule has 0 saturated heterocycles. The lowest BCUT2D eigenvalue weighted by molar-refractivity contribution is -0.138. The van der Waals surface area contributed by atoms with Gasteiger partial charge in [0.15, 0.2) is 17.5 Å². The molecule has 0 aliphatic heterocycles. The molecule has 1 atom stereocenters. The van der Waals surface area contributed by atoms with E-state index in [1.54, 1.807) is 30.3 Å². The van der Waals surface area contributed by atoms with Crippen LogP contribution in [0.3, 0.4) is 0 Å². The lowest BCUT2D eigenvalue weighted by Crippen LogP contribution is -2.37. The van der Waals surface area contributed by atoms with Crippen LogP contribution in [0.25, 0.3) is 22.9 Å². The van der Waals surface area contributed by atoms with Crippen LogP contribution in [0.4, 0.5) is 14.6 Å². The Morgan fingerprint density at radius 3 is 2.69 bits per heavy atom. The normalized spacial score (nSPS) is 12.0. The summed E-state index contributed by atoms with van der Waals surface area (Å²) in [5.41, 5.74) is 1.65. The van der Waals surface area contributed by atoms with Crippen LogP contribution in [0, 0.1) is 11.6 Å². The van der Waals surface area contributed by atoms with Gasteiger partial charge in [-0.2, -0.15) is 5.10 Å². The van der Waals surface area contributed by atoms with E-state index in [9.17, 15) is 18.7 Å². The van der Waals surface area contributed by atoms with Crippen molar-refractivity contribution in [1.82, 2.24) is 24.9 Å². The molecule has 0 unspecified atom stereocenters. The SMILES string of the molecule is C[C@@H](C(=O)O)N(C)c1nc(-c2cc(-c3ccon3)n(Cc3ccccc3F)n2)ncc1F. The van der Waals surface area contributed by atoms with E-state index in [0.717, 1.165) is 6.20 Å². The third-order valence-electron chi connectivity index (χ3n) is 4.99. The molecule has 0 amide bonds. The molecule has 0 aliphatic rings. The molecule has 3 heterocycles. The molecule has 0 aliphatic carbocycles. The van der Waals surface area contributed by atoms with Gasteiger partial charge in [-0.05, 0) is 19.1 Å². The molecule has 32 heavy (non-hydrogen) atoms. The first-order valence-corrected chi connectivity index (χ1v) is 9.55. The van der Waals surface area contributed by atoms with Crippen molar-refractivity contribution in [3.05, 3.63) is 66.1 Å². The van der Waals surface area contributed by atoms with Gasteiger partial charge in [0, 0.05) is 18.7 Å². The molecule has 0 radical (unpaired) electrons. The van der Waals surface area contributed by atoms with Crippen molar-refractivity contribution < 1.29 is 23.2 Å². The molecule has 0 spiro atoms. The Kier molecular flexibility index (Phi) is 5.63. The van der Waals surface area contributed by atoms with E-state index in [0.29, 0.717) is 17.0 Å². The van der Waals surface area contributed by atoms with Crippen molar-refractivity contribution in [2.75, 3.05) is 11.9 Å². The molecule has 1 aromatic carbocycles. The summed E-state index contributed by atoms with van der Waals surface area (Å²) in [6.45, 7) is 1.51. The molecular weight excluding hydrogens is 422 g/mol. The molecule has 3 aromatic heterocycles. The van der Waals surface area contributed by atoms with Crippen molar-refractivity contribution in [3.63, 3.8) is 0 Å². The number of nitrogens with zero attached hydrogens (tertiary/aromatic N) is 6. The topological polar surface area (TPSA) is 110 Å². The molecule has 4 aromatic rings. The van der Waals surface area contributed by atoms with E-state index < -0.39 is 17.8 Å². The van der Waals surface area contributed by atoms with Gasteiger partial charge in [-0.25, -0.2) is 23.5 Å². The third kappa shape index (κ3) is 4.04. The Morgan fingerprint density at radius 2 is 2.00 bits per heavy atom. The predicted molar refractivity (Wildman–Crippen MR) is 110 cm³/mol. The van der Waals surface area contributed by atoms with Crippen molar-refractivity contribution in [3.8, 4) is 22.9 Å². The van der Waals surface area contributed by atoms with Crippen molar-refractivity contribution >= 4 is 11.8 Å². The van der Waals surface area contributed by atoms with Gasteiger partial charge in [0.1, 0.15) is 29.5 Å². The quantitative estimate of drug-likeness (QED) is 0.466. The van der Waals surface area contributed by atoms with Gasteiger partial charge in [-0.3, -0.25) is 4.68 Å². The first-order valence-electron chi connectivity index (χ1n) is 9.55. The number of carboxylic acids is 1. The largest absolute Gasteiger partial charge is 0.480 e. The third-order valence-corrected chi connectivity index (χ3v) is 4.99. The minimum absolute atomic E-state index is 0.0721. The number of aromatic nitrogens is 5. The van der Waals surface area contributed by atoms with Crippen LogP contribution >= 0.6 is 0 Å². The lowest BCUT2D eigenvalue weighted by atomic mass is 10.2. The number of carbonyl (C=O) groups is 1. The Morgan fingerprint density at radius 1 is 1.22 bits per heavy atom. The summed E-state index contributed by atoms with van der Waals surface area (Å²) >= 11 is 0. The molecule has 0 saturated carbocycles. The average Bonchev–Trinajstić information content (AvgIpc) is 3.44. The van der Waals surface area contributed by atoms with E-state index >= 15 is 0 Å². The van der Waals surface area contributed by atoms with Crippen LogP contribution in [-0.2, 0) is 11.3 Å². The van der Waals surface area contributed by atoms with Gasteiger partial charge in [0.05, 0.1) is 18.4 Å². The van der Waals surface area contributed by atoms with Crippen LogP contribution in [0.5, 0.6) is 0 Å². The predicted octanol–water partition coefficient (Wildman–Crippen LogP) is 3.23. The van der Waals surface area contributed by atoms with E-state index in [4.69, 9.17) is 4.52 Å². The Labute approximate surface area is 180 Å². The number of aliphatic carboxylic acids is 1. The lowest BCUT2D eigenvalue weighted by Gasteiger charge is -2.22. The summed E-state index contributed by atoms with van der Waals surface area (Å²) in [7, 11) is 1.42. The molecule has 4 rings (SSSR count). The first kappa shape index (κ1) is 21.1. The number of hydrogen-bond acceptors (Lipinski definition) is 7. The van der Waals surface area contributed by atoms with E-state index in [2.05, 4.69) is 20.2 Å². The van der Waals surface area contributed by atoms with Gasteiger partial charge >= 0.3 is 5.97 Å². The zero-order valence-electron chi connectivity index (χ0n) is 17.1. The second kappa shape index (κ2) is 8.53. The van der Waals surface area contributed by atoms with Gasteiger partial charge in [0.2, 0.25) is 0 Å². The minimum atomic E-state index is -1.13. The number of likely N-dealkylation sites (N-methyl/N-ethyl adjacent to an activating group) is 1. The number of halogens is 2. The Balaban J connectivity index is 1.77. The first-order chi connectivity index (χ1) is 15.3. The number of hydrogen-bond donors (Lipinski definition) is 1. The van der Waals surface area contributed by atoms with Gasteiger partial charge < -0.3 is 14.5 Å². The number of benzene rings is 1. The molecule has 0 fully saturated rings. The molecule has 1 N–H and O–H groups in total.